The highest BCUT2D eigenvalue weighted by molar-refractivity contribution is 7.80. The second kappa shape index (κ2) is 9.83. The summed E-state index contributed by atoms with van der Waals surface area (Å²) in [5.74, 6) is 0.0615. The van der Waals surface area contributed by atoms with E-state index in [1.807, 2.05) is 35.2 Å². The third kappa shape index (κ3) is 4.88. The Hall–Kier alpha value is -3.72. The first-order valence-electron chi connectivity index (χ1n) is 10.5. The van der Waals surface area contributed by atoms with Gasteiger partial charge < -0.3 is 24.5 Å². The lowest BCUT2D eigenvalue weighted by atomic mass is 10.0. The SMILES string of the molecule is COC(=O)CCCN1C(=S)N[C@H](c2ccccn2)[C@H]1c1ccc(-c2ccc(C(=O)O)cc2)o1. The molecule has 0 bridgehead atoms. The number of hydrogen-bond acceptors (Lipinski definition) is 6. The number of nitrogens with zero attached hydrogens (tertiary/aromatic N) is 2. The first kappa shape index (κ1) is 22.5. The van der Waals surface area contributed by atoms with Crippen molar-refractivity contribution in [1.82, 2.24) is 15.2 Å². The number of thiocarbonyl (C=S) groups is 1. The standard InChI is InChI=1S/C24H23N3O5S/c1-31-20(28)6-4-14-27-22(21(26-24(27)33)17-5-2-3-13-25-17)19-12-11-18(32-19)15-7-9-16(10-8-15)23(29)30/h2-3,5,7-13,21-22H,4,6,14H2,1H3,(H,26,33)(H,29,30)/t21-,22-/m1/s1. The number of rotatable bonds is 8. The Labute approximate surface area is 196 Å². The van der Waals surface area contributed by atoms with E-state index in [1.54, 1.807) is 30.5 Å². The molecule has 170 valence electrons. The number of carboxylic acids is 1. The third-order valence-electron chi connectivity index (χ3n) is 5.54. The molecule has 0 aliphatic carbocycles. The zero-order valence-corrected chi connectivity index (χ0v) is 18.7. The van der Waals surface area contributed by atoms with Crippen molar-refractivity contribution in [2.24, 2.45) is 0 Å². The molecule has 0 amide bonds. The van der Waals surface area contributed by atoms with E-state index in [0.717, 1.165) is 11.3 Å². The second-order valence-electron chi connectivity index (χ2n) is 7.58. The average Bonchev–Trinajstić information content (AvgIpc) is 3.44. The highest BCUT2D eigenvalue weighted by Gasteiger charge is 2.41. The van der Waals surface area contributed by atoms with Gasteiger partial charge in [-0.05, 0) is 55.0 Å². The van der Waals surface area contributed by atoms with Crippen molar-refractivity contribution in [2.75, 3.05) is 13.7 Å². The molecule has 2 N–H and O–H groups in total. The van der Waals surface area contributed by atoms with Crippen LogP contribution in [0.4, 0.5) is 0 Å². The molecule has 3 heterocycles. The lowest BCUT2D eigenvalue weighted by Crippen LogP contribution is -2.30. The Morgan fingerprint density at radius 3 is 2.64 bits per heavy atom. The van der Waals surface area contributed by atoms with Gasteiger partial charge in [0.05, 0.1) is 24.4 Å². The number of pyridine rings is 1. The van der Waals surface area contributed by atoms with Gasteiger partial charge in [0.25, 0.3) is 0 Å². The minimum atomic E-state index is -0.979. The summed E-state index contributed by atoms with van der Waals surface area (Å²) in [7, 11) is 1.37. The van der Waals surface area contributed by atoms with Crippen molar-refractivity contribution < 1.29 is 23.8 Å². The van der Waals surface area contributed by atoms with Crippen LogP contribution in [0.5, 0.6) is 0 Å². The fourth-order valence-electron chi connectivity index (χ4n) is 3.90. The van der Waals surface area contributed by atoms with Crippen LogP contribution >= 0.6 is 12.2 Å². The third-order valence-corrected chi connectivity index (χ3v) is 5.89. The van der Waals surface area contributed by atoms with Gasteiger partial charge >= 0.3 is 11.9 Å². The Morgan fingerprint density at radius 1 is 1.18 bits per heavy atom. The van der Waals surface area contributed by atoms with E-state index in [2.05, 4.69) is 10.3 Å². The quantitative estimate of drug-likeness (QED) is 0.378. The summed E-state index contributed by atoms with van der Waals surface area (Å²) < 4.78 is 11.0. The second-order valence-corrected chi connectivity index (χ2v) is 7.97. The van der Waals surface area contributed by atoms with Crippen LogP contribution in [0.15, 0.2) is 65.2 Å². The van der Waals surface area contributed by atoms with E-state index in [1.165, 1.54) is 7.11 Å². The van der Waals surface area contributed by atoms with Crippen molar-refractivity contribution in [3.05, 3.63) is 77.8 Å². The Balaban J connectivity index is 1.63. The van der Waals surface area contributed by atoms with E-state index in [-0.39, 0.29) is 30.0 Å². The molecule has 1 fully saturated rings. The van der Waals surface area contributed by atoms with E-state index in [4.69, 9.17) is 26.5 Å². The summed E-state index contributed by atoms with van der Waals surface area (Å²) in [5.41, 5.74) is 1.80. The number of methoxy groups -OCH3 is 1. The van der Waals surface area contributed by atoms with E-state index in [9.17, 15) is 9.59 Å². The van der Waals surface area contributed by atoms with Gasteiger partial charge in [-0.15, -0.1) is 0 Å². The molecule has 1 aliphatic heterocycles. The summed E-state index contributed by atoms with van der Waals surface area (Å²) >= 11 is 5.61. The van der Waals surface area contributed by atoms with Crippen molar-refractivity contribution in [3.63, 3.8) is 0 Å². The molecule has 1 aromatic carbocycles. The molecule has 9 heteroatoms. The number of aromatic carboxylic acids is 1. The van der Waals surface area contributed by atoms with E-state index < -0.39 is 5.97 Å². The summed E-state index contributed by atoms with van der Waals surface area (Å²) in [6.45, 7) is 0.540. The Bertz CT molecular complexity index is 1150. The van der Waals surface area contributed by atoms with Gasteiger partial charge in [0.15, 0.2) is 5.11 Å². The molecule has 0 radical (unpaired) electrons. The number of carboxylic acid groups (broad SMARTS) is 1. The summed E-state index contributed by atoms with van der Waals surface area (Å²) in [6.07, 6.45) is 2.59. The smallest absolute Gasteiger partial charge is 0.335 e. The lowest BCUT2D eigenvalue weighted by molar-refractivity contribution is -0.140. The molecular weight excluding hydrogens is 442 g/mol. The number of carbonyl (C=O) groups is 2. The summed E-state index contributed by atoms with van der Waals surface area (Å²) in [6, 6.07) is 15.5. The molecule has 0 unspecified atom stereocenters. The molecule has 2 atom stereocenters. The number of benzene rings is 1. The van der Waals surface area contributed by atoms with Crippen molar-refractivity contribution in [3.8, 4) is 11.3 Å². The minimum Gasteiger partial charge on any atom is -0.478 e. The van der Waals surface area contributed by atoms with Gasteiger partial charge in [0.1, 0.15) is 17.6 Å². The van der Waals surface area contributed by atoms with Crippen molar-refractivity contribution in [2.45, 2.75) is 24.9 Å². The maximum Gasteiger partial charge on any atom is 0.335 e. The predicted molar refractivity (Wildman–Crippen MR) is 125 cm³/mol. The highest BCUT2D eigenvalue weighted by Crippen LogP contribution is 2.40. The molecule has 4 rings (SSSR count). The van der Waals surface area contributed by atoms with Crippen LogP contribution in [0.1, 0.15) is 46.7 Å². The molecular formula is C24H23N3O5S. The number of ether oxygens (including phenoxy) is 1. The molecule has 0 saturated carbocycles. The van der Waals surface area contributed by atoms with Gasteiger partial charge in [-0.3, -0.25) is 9.78 Å². The van der Waals surface area contributed by atoms with Crippen molar-refractivity contribution >= 4 is 29.3 Å². The normalized spacial score (nSPS) is 17.6. The van der Waals surface area contributed by atoms with Crippen LogP contribution in [0.25, 0.3) is 11.3 Å². The molecule has 3 aromatic rings. The molecule has 8 nitrogen and oxygen atoms in total. The maximum atomic E-state index is 11.6. The lowest BCUT2D eigenvalue weighted by Gasteiger charge is -2.25. The highest BCUT2D eigenvalue weighted by atomic mass is 32.1. The summed E-state index contributed by atoms with van der Waals surface area (Å²) in [5, 5.41) is 13.0. The Morgan fingerprint density at radius 2 is 1.97 bits per heavy atom. The average molecular weight is 466 g/mol. The van der Waals surface area contributed by atoms with Gasteiger partial charge in [-0.1, -0.05) is 18.2 Å². The first-order chi connectivity index (χ1) is 16.0. The fourth-order valence-corrected chi connectivity index (χ4v) is 4.23. The number of hydrogen-bond donors (Lipinski definition) is 2. The van der Waals surface area contributed by atoms with Crippen LogP contribution in [0.2, 0.25) is 0 Å². The topological polar surface area (TPSA) is 105 Å². The minimum absolute atomic E-state index is 0.211. The number of furan rings is 1. The molecule has 0 spiro atoms. The molecule has 2 aromatic heterocycles. The molecule has 1 aliphatic rings. The fraction of sp³-hybridized carbons (Fsp3) is 0.250. The zero-order valence-electron chi connectivity index (χ0n) is 17.9. The van der Waals surface area contributed by atoms with Crippen LogP contribution < -0.4 is 5.32 Å². The maximum absolute atomic E-state index is 11.6. The van der Waals surface area contributed by atoms with Gasteiger partial charge in [0.2, 0.25) is 0 Å². The first-order valence-corrected chi connectivity index (χ1v) is 10.9. The summed E-state index contributed by atoms with van der Waals surface area (Å²) in [4.78, 5) is 29.2. The number of esters is 1. The Kier molecular flexibility index (Phi) is 6.69. The van der Waals surface area contributed by atoms with Gasteiger partial charge in [-0.2, -0.15) is 0 Å². The van der Waals surface area contributed by atoms with Crippen LogP contribution in [-0.4, -0.2) is 45.7 Å². The number of carbonyl (C=O) groups excluding carboxylic acids is 1. The largest absolute Gasteiger partial charge is 0.478 e. The zero-order chi connectivity index (χ0) is 23.4. The molecule has 1 saturated heterocycles. The predicted octanol–water partition coefficient (Wildman–Crippen LogP) is 3.97. The van der Waals surface area contributed by atoms with Crippen molar-refractivity contribution in [1.29, 1.82) is 0 Å². The number of nitrogens with one attached hydrogen (secondary N) is 1. The van der Waals surface area contributed by atoms with Crippen LogP contribution in [0.3, 0.4) is 0 Å². The molecule has 33 heavy (non-hydrogen) atoms. The van der Waals surface area contributed by atoms with Gasteiger partial charge in [-0.25, -0.2) is 4.79 Å². The monoisotopic (exact) mass is 465 g/mol. The van der Waals surface area contributed by atoms with Crippen LogP contribution in [-0.2, 0) is 9.53 Å². The van der Waals surface area contributed by atoms with Crippen LogP contribution in [0, 0.1) is 0 Å². The van der Waals surface area contributed by atoms with E-state index in [0.29, 0.717) is 29.6 Å². The van der Waals surface area contributed by atoms with Gasteiger partial charge in [0, 0.05) is 24.7 Å². The van der Waals surface area contributed by atoms with E-state index >= 15 is 0 Å². The number of aromatic nitrogens is 1.